The average molecular weight is 298 g/mol. The summed E-state index contributed by atoms with van der Waals surface area (Å²) in [6, 6.07) is 0. The van der Waals surface area contributed by atoms with Crippen molar-refractivity contribution in [2.45, 2.75) is 44.6 Å². The number of rotatable bonds is 6. The number of nitrogens with zero attached hydrogens (tertiary/aromatic N) is 1. The smallest absolute Gasteiger partial charge is 0.305 e. The molecule has 2 heterocycles. The van der Waals surface area contributed by atoms with E-state index in [1.807, 2.05) is 4.90 Å². The summed E-state index contributed by atoms with van der Waals surface area (Å²) in [6.45, 7) is 3.79. The fourth-order valence-electron chi connectivity index (χ4n) is 3.05. The van der Waals surface area contributed by atoms with Crippen LogP contribution in [0.15, 0.2) is 0 Å². The van der Waals surface area contributed by atoms with Gasteiger partial charge in [0.1, 0.15) is 0 Å². The number of carboxylic acids is 1. The molecule has 0 aromatic carbocycles. The maximum absolute atomic E-state index is 12.3. The Labute approximate surface area is 125 Å². The standard InChI is InChI=1S/C15H26N2O4/c18-14(11-12-1-6-16-7-2-12)17-8-3-13(4-9-17)21-10-5-15(19)20/h12-13,16H,1-11H2,(H,19,20). The first-order chi connectivity index (χ1) is 10.1. The van der Waals surface area contributed by atoms with Crippen LogP contribution in [0.5, 0.6) is 0 Å². The highest BCUT2D eigenvalue weighted by Gasteiger charge is 2.25. The summed E-state index contributed by atoms with van der Waals surface area (Å²) in [7, 11) is 0. The molecule has 2 fully saturated rings. The minimum absolute atomic E-state index is 0.0505. The van der Waals surface area contributed by atoms with Gasteiger partial charge in [-0.05, 0) is 44.7 Å². The predicted octanol–water partition coefficient (Wildman–Crippen LogP) is 0.858. The normalized spacial score (nSPS) is 21.4. The Hall–Kier alpha value is -1.14. The molecule has 0 aromatic rings. The molecule has 2 saturated heterocycles. The maximum atomic E-state index is 12.3. The van der Waals surface area contributed by atoms with Crippen LogP contribution in [0.1, 0.15) is 38.5 Å². The molecule has 1 amide bonds. The van der Waals surface area contributed by atoms with Crippen molar-refractivity contribution in [3.8, 4) is 0 Å². The molecule has 0 saturated carbocycles. The fourth-order valence-corrected chi connectivity index (χ4v) is 3.05. The number of likely N-dealkylation sites (tertiary alicyclic amines) is 1. The van der Waals surface area contributed by atoms with Gasteiger partial charge in [-0.15, -0.1) is 0 Å². The third-order valence-electron chi connectivity index (χ3n) is 4.39. The Morgan fingerprint density at radius 2 is 1.81 bits per heavy atom. The third-order valence-corrected chi connectivity index (χ3v) is 4.39. The van der Waals surface area contributed by atoms with Gasteiger partial charge in [0.05, 0.1) is 19.1 Å². The van der Waals surface area contributed by atoms with Crippen molar-refractivity contribution in [3.05, 3.63) is 0 Å². The molecular formula is C15H26N2O4. The summed E-state index contributed by atoms with van der Waals surface area (Å²) in [5.41, 5.74) is 0. The van der Waals surface area contributed by atoms with Crippen molar-refractivity contribution in [3.63, 3.8) is 0 Å². The molecule has 0 radical (unpaired) electrons. The predicted molar refractivity (Wildman–Crippen MR) is 78.0 cm³/mol. The second-order valence-electron chi connectivity index (χ2n) is 5.99. The van der Waals surface area contributed by atoms with Gasteiger partial charge in [-0.25, -0.2) is 0 Å². The van der Waals surface area contributed by atoms with Crippen LogP contribution in [-0.4, -0.2) is 60.8 Å². The van der Waals surface area contributed by atoms with E-state index < -0.39 is 5.97 Å². The van der Waals surface area contributed by atoms with Gasteiger partial charge in [0, 0.05) is 19.5 Å². The lowest BCUT2D eigenvalue weighted by Crippen LogP contribution is -2.42. The maximum Gasteiger partial charge on any atom is 0.305 e. The Kier molecular flexibility index (Phi) is 6.45. The van der Waals surface area contributed by atoms with E-state index in [-0.39, 0.29) is 25.0 Å². The monoisotopic (exact) mass is 298 g/mol. The van der Waals surface area contributed by atoms with Crippen molar-refractivity contribution in [1.82, 2.24) is 10.2 Å². The molecule has 0 unspecified atom stereocenters. The van der Waals surface area contributed by atoms with Gasteiger partial charge in [0.25, 0.3) is 0 Å². The highest BCUT2D eigenvalue weighted by molar-refractivity contribution is 5.76. The summed E-state index contributed by atoms with van der Waals surface area (Å²) in [5.74, 6) is -0.0289. The van der Waals surface area contributed by atoms with E-state index in [1.165, 1.54) is 0 Å². The fraction of sp³-hybridized carbons (Fsp3) is 0.867. The van der Waals surface area contributed by atoms with Crippen molar-refractivity contribution in [2.75, 3.05) is 32.8 Å². The van der Waals surface area contributed by atoms with Crippen molar-refractivity contribution >= 4 is 11.9 Å². The van der Waals surface area contributed by atoms with Crippen LogP contribution in [-0.2, 0) is 14.3 Å². The van der Waals surface area contributed by atoms with Crippen molar-refractivity contribution in [1.29, 1.82) is 0 Å². The molecule has 21 heavy (non-hydrogen) atoms. The Morgan fingerprint density at radius 3 is 2.43 bits per heavy atom. The summed E-state index contributed by atoms with van der Waals surface area (Å²) in [4.78, 5) is 24.6. The number of carboxylic acid groups (broad SMARTS) is 1. The molecule has 0 aliphatic carbocycles. The second kappa shape index (κ2) is 8.34. The molecule has 2 aliphatic rings. The van der Waals surface area contributed by atoms with E-state index in [9.17, 15) is 9.59 Å². The molecule has 0 spiro atoms. The second-order valence-corrected chi connectivity index (χ2v) is 5.99. The zero-order valence-corrected chi connectivity index (χ0v) is 12.6. The molecule has 6 nitrogen and oxygen atoms in total. The van der Waals surface area contributed by atoms with E-state index in [4.69, 9.17) is 9.84 Å². The lowest BCUT2D eigenvalue weighted by atomic mass is 9.93. The number of ether oxygens (including phenoxy) is 1. The Bertz CT molecular complexity index is 348. The number of hydrogen-bond donors (Lipinski definition) is 2. The van der Waals surface area contributed by atoms with Crippen molar-refractivity contribution < 1.29 is 19.4 Å². The molecule has 2 N–H and O–H groups in total. The number of carbonyl (C=O) groups is 2. The summed E-state index contributed by atoms with van der Waals surface area (Å²) < 4.78 is 5.54. The number of piperidine rings is 2. The van der Waals surface area contributed by atoms with E-state index in [0.717, 1.165) is 51.9 Å². The summed E-state index contributed by atoms with van der Waals surface area (Å²) in [5, 5.41) is 11.9. The average Bonchev–Trinajstić information content (AvgIpc) is 2.48. The number of amides is 1. The van der Waals surface area contributed by atoms with Gasteiger partial charge in [0.2, 0.25) is 5.91 Å². The summed E-state index contributed by atoms with van der Waals surface area (Å²) >= 11 is 0. The molecule has 120 valence electrons. The van der Waals surface area contributed by atoms with Gasteiger partial charge in [-0.2, -0.15) is 0 Å². The van der Waals surface area contributed by atoms with Gasteiger partial charge < -0.3 is 20.1 Å². The van der Waals surface area contributed by atoms with Crippen LogP contribution >= 0.6 is 0 Å². The zero-order valence-electron chi connectivity index (χ0n) is 12.6. The largest absolute Gasteiger partial charge is 0.481 e. The van der Waals surface area contributed by atoms with Crippen LogP contribution in [0.2, 0.25) is 0 Å². The topological polar surface area (TPSA) is 78.9 Å². The van der Waals surface area contributed by atoms with Gasteiger partial charge >= 0.3 is 5.97 Å². The molecule has 0 atom stereocenters. The van der Waals surface area contributed by atoms with Crippen LogP contribution in [0.4, 0.5) is 0 Å². The third kappa shape index (κ3) is 5.63. The minimum atomic E-state index is -0.829. The van der Waals surface area contributed by atoms with Crippen LogP contribution < -0.4 is 5.32 Å². The first kappa shape index (κ1) is 16.2. The lowest BCUT2D eigenvalue weighted by molar-refractivity contribution is -0.139. The number of hydrogen-bond acceptors (Lipinski definition) is 4. The van der Waals surface area contributed by atoms with E-state index in [2.05, 4.69) is 5.32 Å². The zero-order chi connectivity index (χ0) is 15.1. The number of nitrogens with one attached hydrogen (secondary N) is 1. The number of aliphatic carboxylic acids is 1. The van der Waals surface area contributed by atoms with E-state index in [0.29, 0.717) is 12.3 Å². The first-order valence-corrected chi connectivity index (χ1v) is 7.97. The van der Waals surface area contributed by atoms with Crippen molar-refractivity contribution in [2.24, 2.45) is 5.92 Å². The van der Waals surface area contributed by atoms with E-state index >= 15 is 0 Å². The minimum Gasteiger partial charge on any atom is -0.481 e. The van der Waals surface area contributed by atoms with E-state index in [1.54, 1.807) is 0 Å². The molecular weight excluding hydrogens is 272 g/mol. The van der Waals surface area contributed by atoms with Gasteiger partial charge in [-0.3, -0.25) is 9.59 Å². The summed E-state index contributed by atoms with van der Waals surface area (Å²) in [6.07, 6.45) is 4.66. The molecule has 2 rings (SSSR count). The highest BCUT2D eigenvalue weighted by atomic mass is 16.5. The first-order valence-electron chi connectivity index (χ1n) is 7.97. The quantitative estimate of drug-likeness (QED) is 0.760. The van der Waals surface area contributed by atoms with Crippen LogP contribution in [0.25, 0.3) is 0 Å². The SMILES string of the molecule is O=C(O)CCOC1CCN(C(=O)CC2CCNCC2)CC1. The Morgan fingerprint density at radius 1 is 1.14 bits per heavy atom. The molecule has 6 heteroatoms. The van der Waals surface area contributed by atoms with Gasteiger partial charge in [0.15, 0.2) is 0 Å². The van der Waals surface area contributed by atoms with Gasteiger partial charge in [-0.1, -0.05) is 0 Å². The van der Waals surface area contributed by atoms with Crippen LogP contribution in [0, 0.1) is 5.92 Å². The van der Waals surface area contributed by atoms with Crippen LogP contribution in [0.3, 0.4) is 0 Å². The molecule has 0 bridgehead atoms. The molecule has 2 aliphatic heterocycles. The highest BCUT2D eigenvalue weighted by Crippen LogP contribution is 2.20. The molecule has 0 aromatic heterocycles. The Balaban J connectivity index is 1.63. The number of carbonyl (C=O) groups excluding carboxylic acids is 1. The lowest BCUT2D eigenvalue weighted by Gasteiger charge is -2.33.